The van der Waals surface area contributed by atoms with E-state index >= 15 is 0 Å². The van der Waals surface area contributed by atoms with Gasteiger partial charge >= 0.3 is 6.03 Å². The van der Waals surface area contributed by atoms with Crippen LogP contribution in [0.25, 0.3) is 5.69 Å². The van der Waals surface area contributed by atoms with E-state index in [2.05, 4.69) is 20.8 Å². The molecule has 0 unspecified atom stereocenters. The summed E-state index contributed by atoms with van der Waals surface area (Å²) in [5.74, 6) is 0.322. The molecule has 1 N–H and O–H groups in total. The molecule has 0 aliphatic carbocycles. The van der Waals surface area contributed by atoms with Crippen LogP contribution >= 0.6 is 0 Å². The molecule has 3 aromatic rings. The third-order valence-corrected chi connectivity index (χ3v) is 3.62. The molecule has 0 saturated carbocycles. The standard InChI is InChI=1S/C17H17FN6O/c1-12-20-21-22-24(12)16-8-4-7-15(10-16)19-17(25)23(2)11-13-5-3-6-14(18)9-13/h3-10H,11H2,1-2H3,(H,19,25). The predicted octanol–water partition coefficient (Wildman–Crippen LogP) is 2.77. The lowest BCUT2D eigenvalue weighted by atomic mass is 10.2. The van der Waals surface area contributed by atoms with Crippen molar-refractivity contribution in [3.63, 3.8) is 0 Å². The van der Waals surface area contributed by atoms with E-state index in [4.69, 9.17) is 0 Å². The Bertz CT molecular complexity index is 894. The minimum atomic E-state index is -0.323. The SMILES string of the molecule is Cc1nnnn1-c1cccc(NC(=O)N(C)Cc2cccc(F)c2)c1. The van der Waals surface area contributed by atoms with Gasteiger partial charge in [-0.15, -0.1) is 5.10 Å². The van der Waals surface area contributed by atoms with Crippen LogP contribution in [-0.2, 0) is 6.54 Å². The van der Waals surface area contributed by atoms with Gasteiger partial charge in [-0.05, 0) is 53.2 Å². The van der Waals surface area contributed by atoms with E-state index in [1.165, 1.54) is 17.0 Å². The summed E-state index contributed by atoms with van der Waals surface area (Å²) in [6, 6.07) is 13.1. The normalized spacial score (nSPS) is 10.5. The highest BCUT2D eigenvalue weighted by Gasteiger charge is 2.11. The molecule has 128 valence electrons. The van der Waals surface area contributed by atoms with E-state index in [-0.39, 0.29) is 11.8 Å². The van der Waals surface area contributed by atoms with Crippen molar-refractivity contribution in [2.75, 3.05) is 12.4 Å². The first kappa shape index (κ1) is 16.6. The number of carbonyl (C=O) groups excluding carboxylic acids is 1. The van der Waals surface area contributed by atoms with Crippen LogP contribution in [0, 0.1) is 12.7 Å². The Morgan fingerprint density at radius 2 is 2.04 bits per heavy atom. The van der Waals surface area contributed by atoms with Gasteiger partial charge in [0.2, 0.25) is 0 Å². The number of amides is 2. The quantitative estimate of drug-likeness (QED) is 0.792. The molecule has 2 aromatic carbocycles. The van der Waals surface area contributed by atoms with Crippen LogP contribution in [-0.4, -0.2) is 38.2 Å². The van der Waals surface area contributed by atoms with Gasteiger partial charge in [-0.2, -0.15) is 4.68 Å². The average molecular weight is 340 g/mol. The van der Waals surface area contributed by atoms with Gasteiger partial charge in [0.25, 0.3) is 0 Å². The monoisotopic (exact) mass is 340 g/mol. The smallest absolute Gasteiger partial charge is 0.321 e. The highest BCUT2D eigenvalue weighted by Crippen LogP contribution is 2.15. The van der Waals surface area contributed by atoms with Crippen molar-refractivity contribution in [2.45, 2.75) is 13.5 Å². The molecule has 2 amide bonds. The van der Waals surface area contributed by atoms with Gasteiger partial charge in [0, 0.05) is 19.3 Å². The van der Waals surface area contributed by atoms with E-state index in [9.17, 15) is 9.18 Å². The van der Waals surface area contributed by atoms with Crippen molar-refractivity contribution < 1.29 is 9.18 Å². The van der Waals surface area contributed by atoms with E-state index < -0.39 is 0 Å². The molecule has 8 heteroatoms. The molecule has 0 saturated heterocycles. The Hall–Kier alpha value is -3.29. The topological polar surface area (TPSA) is 75.9 Å². The van der Waals surface area contributed by atoms with Crippen molar-refractivity contribution in [3.05, 3.63) is 65.7 Å². The first-order valence-electron chi connectivity index (χ1n) is 7.65. The molecule has 1 heterocycles. The summed E-state index contributed by atoms with van der Waals surface area (Å²) < 4.78 is 14.8. The summed E-state index contributed by atoms with van der Waals surface area (Å²) in [6.45, 7) is 2.09. The molecule has 25 heavy (non-hydrogen) atoms. The lowest BCUT2D eigenvalue weighted by Gasteiger charge is -2.18. The first-order valence-corrected chi connectivity index (χ1v) is 7.65. The zero-order valence-electron chi connectivity index (χ0n) is 13.8. The molecule has 0 fully saturated rings. The number of nitrogens with zero attached hydrogens (tertiary/aromatic N) is 5. The number of hydrogen-bond acceptors (Lipinski definition) is 4. The zero-order valence-corrected chi connectivity index (χ0v) is 13.8. The molecule has 0 spiro atoms. The number of nitrogens with one attached hydrogen (secondary N) is 1. The van der Waals surface area contributed by atoms with Crippen LogP contribution in [0.4, 0.5) is 14.9 Å². The number of rotatable bonds is 4. The molecule has 0 aliphatic rings. The molecule has 0 radical (unpaired) electrons. The molecule has 3 rings (SSSR count). The average Bonchev–Trinajstić information content (AvgIpc) is 3.01. The molecular weight excluding hydrogens is 323 g/mol. The maximum absolute atomic E-state index is 13.2. The van der Waals surface area contributed by atoms with Crippen molar-refractivity contribution in [2.24, 2.45) is 0 Å². The number of anilines is 1. The number of carbonyl (C=O) groups is 1. The molecular formula is C17H17FN6O. The zero-order chi connectivity index (χ0) is 17.8. The predicted molar refractivity (Wildman–Crippen MR) is 90.8 cm³/mol. The Morgan fingerprint density at radius 1 is 1.24 bits per heavy atom. The summed E-state index contributed by atoms with van der Waals surface area (Å²) in [4.78, 5) is 13.8. The van der Waals surface area contributed by atoms with Crippen LogP contribution in [0.3, 0.4) is 0 Å². The van der Waals surface area contributed by atoms with Gasteiger partial charge in [-0.1, -0.05) is 18.2 Å². The van der Waals surface area contributed by atoms with Gasteiger partial charge in [0.05, 0.1) is 5.69 Å². The fourth-order valence-electron chi connectivity index (χ4n) is 2.39. The highest BCUT2D eigenvalue weighted by molar-refractivity contribution is 5.89. The number of hydrogen-bond donors (Lipinski definition) is 1. The van der Waals surface area contributed by atoms with Crippen LogP contribution in [0.15, 0.2) is 48.5 Å². The highest BCUT2D eigenvalue weighted by atomic mass is 19.1. The fourth-order valence-corrected chi connectivity index (χ4v) is 2.39. The van der Waals surface area contributed by atoms with Crippen LogP contribution in [0.2, 0.25) is 0 Å². The van der Waals surface area contributed by atoms with Crippen molar-refractivity contribution >= 4 is 11.7 Å². The van der Waals surface area contributed by atoms with Gasteiger partial charge in [-0.3, -0.25) is 0 Å². The van der Waals surface area contributed by atoms with Gasteiger partial charge in [-0.25, -0.2) is 9.18 Å². The second-order valence-corrected chi connectivity index (χ2v) is 5.60. The summed E-state index contributed by atoms with van der Waals surface area (Å²) in [7, 11) is 1.65. The molecule has 1 aromatic heterocycles. The second-order valence-electron chi connectivity index (χ2n) is 5.60. The maximum atomic E-state index is 13.2. The van der Waals surface area contributed by atoms with Crippen LogP contribution in [0.1, 0.15) is 11.4 Å². The van der Waals surface area contributed by atoms with E-state index in [1.807, 2.05) is 6.07 Å². The number of halogens is 1. The van der Waals surface area contributed by atoms with Crippen LogP contribution in [0.5, 0.6) is 0 Å². The minimum absolute atomic E-state index is 0.296. The van der Waals surface area contributed by atoms with E-state index in [0.29, 0.717) is 18.1 Å². The van der Waals surface area contributed by atoms with E-state index in [1.54, 1.807) is 49.0 Å². The second kappa shape index (κ2) is 7.08. The largest absolute Gasteiger partial charge is 0.323 e. The molecule has 0 bridgehead atoms. The first-order chi connectivity index (χ1) is 12.0. The number of aryl methyl sites for hydroxylation is 1. The Kier molecular flexibility index (Phi) is 4.69. The Labute approximate surface area is 144 Å². The summed E-state index contributed by atoms with van der Waals surface area (Å²) >= 11 is 0. The number of urea groups is 1. The lowest BCUT2D eigenvalue weighted by molar-refractivity contribution is 0.220. The Morgan fingerprint density at radius 3 is 2.76 bits per heavy atom. The third-order valence-electron chi connectivity index (χ3n) is 3.62. The molecule has 0 aliphatic heterocycles. The van der Waals surface area contributed by atoms with Gasteiger partial charge < -0.3 is 10.2 Å². The maximum Gasteiger partial charge on any atom is 0.321 e. The van der Waals surface area contributed by atoms with Gasteiger partial charge in [0.15, 0.2) is 5.82 Å². The number of tetrazole rings is 1. The summed E-state index contributed by atoms with van der Waals surface area (Å²) in [6.07, 6.45) is 0. The van der Waals surface area contributed by atoms with Crippen molar-refractivity contribution in [3.8, 4) is 5.69 Å². The third kappa shape index (κ3) is 3.97. The Balaban J connectivity index is 1.69. The van der Waals surface area contributed by atoms with E-state index in [0.717, 1.165) is 11.3 Å². The van der Waals surface area contributed by atoms with Crippen LogP contribution < -0.4 is 5.32 Å². The summed E-state index contributed by atoms with van der Waals surface area (Å²) in [5.41, 5.74) is 2.08. The lowest BCUT2D eigenvalue weighted by Crippen LogP contribution is -2.30. The van der Waals surface area contributed by atoms with Gasteiger partial charge in [0.1, 0.15) is 5.82 Å². The minimum Gasteiger partial charge on any atom is -0.323 e. The molecule has 0 atom stereocenters. The fraction of sp³-hybridized carbons (Fsp3) is 0.176. The number of aromatic nitrogens is 4. The molecule has 7 nitrogen and oxygen atoms in total. The van der Waals surface area contributed by atoms with Crippen molar-refractivity contribution in [1.29, 1.82) is 0 Å². The number of benzene rings is 2. The summed E-state index contributed by atoms with van der Waals surface area (Å²) in [5, 5.41) is 14.2. The van der Waals surface area contributed by atoms with Crippen molar-refractivity contribution in [1.82, 2.24) is 25.1 Å².